The number of carbonyl (C=O) groups is 1. The molecule has 2 aromatic rings. The molecule has 4 unspecified atom stereocenters. The van der Waals surface area contributed by atoms with Gasteiger partial charge >= 0.3 is 0 Å². The minimum absolute atomic E-state index is 0.0192. The molecule has 1 N–H and O–H groups in total. The highest BCUT2D eigenvalue weighted by Crippen LogP contribution is 2.41. The molecule has 4 rings (SSSR count). The van der Waals surface area contributed by atoms with Gasteiger partial charge in [0.05, 0.1) is 12.1 Å². The lowest BCUT2D eigenvalue weighted by Crippen LogP contribution is -2.54. The predicted molar refractivity (Wildman–Crippen MR) is 111 cm³/mol. The number of amides is 1. The van der Waals surface area contributed by atoms with E-state index in [1.807, 2.05) is 16.7 Å². The van der Waals surface area contributed by atoms with E-state index in [4.69, 9.17) is 0 Å². The summed E-state index contributed by atoms with van der Waals surface area (Å²) in [5.41, 5.74) is 0.305. The number of likely N-dealkylation sites (tertiary alicyclic amines) is 2. The first-order valence-electron chi connectivity index (χ1n) is 10.5. The van der Waals surface area contributed by atoms with Crippen molar-refractivity contribution in [3.8, 4) is 5.75 Å². The van der Waals surface area contributed by atoms with Crippen molar-refractivity contribution < 1.29 is 18.7 Å². The molecule has 0 bridgehead atoms. The molecule has 160 valence electrons. The zero-order valence-corrected chi connectivity index (χ0v) is 17.4. The summed E-state index contributed by atoms with van der Waals surface area (Å²) in [6.45, 7) is 5.02. The Hall–Kier alpha value is -2.47. The summed E-state index contributed by atoms with van der Waals surface area (Å²) in [4.78, 5) is 16.9. The molecule has 6 heteroatoms. The van der Waals surface area contributed by atoms with E-state index < -0.39 is 5.67 Å². The van der Waals surface area contributed by atoms with Gasteiger partial charge in [-0.25, -0.2) is 8.78 Å². The Kier molecular flexibility index (Phi) is 5.53. The lowest BCUT2D eigenvalue weighted by molar-refractivity contribution is -0.135. The van der Waals surface area contributed by atoms with E-state index in [0.717, 1.165) is 11.1 Å². The number of phenols is 1. The Bertz CT molecular complexity index is 898. The molecule has 30 heavy (non-hydrogen) atoms. The number of aromatic hydroxyl groups is 1. The molecule has 2 aromatic carbocycles. The molecule has 0 radical (unpaired) electrons. The van der Waals surface area contributed by atoms with Gasteiger partial charge in [0.1, 0.15) is 17.2 Å². The number of carbonyl (C=O) groups excluding carboxylic acids is 1. The second-order valence-corrected chi connectivity index (χ2v) is 8.74. The van der Waals surface area contributed by atoms with Crippen molar-refractivity contribution in [1.82, 2.24) is 9.80 Å². The number of benzene rings is 2. The maximum absolute atomic E-state index is 15.6. The highest BCUT2D eigenvalue weighted by atomic mass is 19.1. The zero-order valence-electron chi connectivity index (χ0n) is 17.4. The van der Waals surface area contributed by atoms with Crippen LogP contribution in [0.25, 0.3) is 0 Å². The van der Waals surface area contributed by atoms with Crippen LogP contribution in [0.5, 0.6) is 5.75 Å². The van der Waals surface area contributed by atoms with Gasteiger partial charge in [-0.3, -0.25) is 9.69 Å². The van der Waals surface area contributed by atoms with Gasteiger partial charge in [0.25, 0.3) is 0 Å². The van der Waals surface area contributed by atoms with Crippen molar-refractivity contribution in [3.05, 3.63) is 65.5 Å². The van der Waals surface area contributed by atoms with Crippen LogP contribution in [0.2, 0.25) is 0 Å². The fourth-order valence-corrected chi connectivity index (χ4v) is 5.00. The van der Waals surface area contributed by atoms with Gasteiger partial charge < -0.3 is 10.0 Å². The van der Waals surface area contributed by atoms with Crippen molar-refractivity contribution in [2.24, 2.45) is 0 Å². The third kappa shape index (κ3) is 3.93. The van der Waals surface area contributed by atoms with Crippen LogP contribution in [0, 0.1) is 5.82 Å². The van der Waals surface area contributed by atoms with Crippen LogP contribution >= 0.6 is 0 Å². The summed E-state index contributed by atoms with van der Waals surface area (Å²) < 4.78 is 28.9. The molecule has 2 fully saturated rings. The molecule has 0 aliphatic carbocycles. The number of piperidine rings is 1. The van der Waals surface area contributed by atoms with Crippen molar-refractivity contribution in [3.63, 3.8) is 0 Å². The molecule has 4 atom stereocenters. The van der Waals surface area contributed by atoms with Crippen LogP contribution in [0.3, 0.4) is 0 Å². The molecule has 2 aliphatic heterocycles. The number of alkyl halides is 1. The van der Waals surface area contributed by atoms with Crippen molar-refractivity contribution in [2.75, 3.05) is 19.6 Å². The lowest BCUT2D eigenvalue weighted by atomic mass is 9.78. The van der Waals surface area contributed by atoms with Gasteiger partial charge in [0, 0.05) is 19.0 Å². The third-order valence-electron chi connectivity index (χ3n) is 6.71. The standard InChI is InChI=1S/C24H28F2N2O2/c1-16(17-3-7-19(25)8-4-17)28-14-12-22(23(28)30)27-13-11-21(24(2,26)15-27)18-5-9-20(29)10-6-18/h3-10,16,21-22,29H,11-15H2,1-2H3. The fraction of sp³-hybridized carbons (Fsp3) is 0.458. The maximum atomic E-state index is 15.6. The highest BCUT2D eigenvalue weighted by Gasteiger charge is 2.46. The van der Waals surface area contributed by atoms with Crippen LogP contribution in [0.4, 0.5) is 8.78 Å². The topological polar surface area (TPSA) is 43.8 Å². The second kappa shape index (κ2) is 7.99. The summed E-state index contributed by atoms with van der Waals surface area (Å²) in [6, 6.07) is 12.5. The number of rotatable bonds is 4. The molecule has 2 heterocycles. The third-order valence-corrected chi connectivity index (χ3v) is 6.71. The number of hydrogen-bond acceptors (Lipinski definition) is 3. The van der Waals surface area contributed by atoms with Crippen LogP contribution in [0.15, 0.2) is 48.5 Å². The Morgan fingerprint density at radius 1 is 1.07 bits per heavy atom. The first-order valence-corrected chi connectivity index (χ1v) is 10.5. The van der Waals surface area contributed by atoms with E-state index in [0.29, 0.717) is 25.9 Å². The van der Waals surface area contributed by atoms with Gasteiger partial charge in [0.15, 0.2) is 0 Å². The summed E-state index contributed by atoms with van der Waals surface area (Å²) >= 11 is 0. The van der Waals surface area contributed by atoms with E-state index in [-0.39, 0.29) is 42.0 Å². The van der Waals surface area contributed by atoms with E-state index in [2.05, 4.69) is 0 Å². The monoisotopic (exact) mass is 414 g/mol. The number of phenolic OH excluding ortho intramolecular Hbond substituents is 1. The first kappa shape index (κ1) is 20.8. The number of halogens is 2. The SMILES string of the molecule is CC(c1ccc(F)cc1)N1CCC(N2CCC(c3ccc(O)cc3)C(C)(F)C2)C1=O. The second-order valence-electron chi connectivity index (χ2n) is 8.74. The number of nitrogens with zero attached hydrogens (tertiary/aromatic N) is 2. The summed E-state index contributed by atoms with van der Waals surface area (Å²) in [5.74, 6) is -0.371. The van der Waals surface area contributed by atoms with Crippen LogP contribution in [-0.4, -0.2) is 52.2 Å². The Morgan fingerprint density at radius 2 is 1.73 bits per heavy atom. The largest absolute Gasteiger partial charge is 0.508 e. The Morgan fingerprint density at radius 3 is 2.37 bits per heavy atom. The van der Waals surface area contributed by atoms with E-state index >= 15 is 4.39 Å². The maximum Gasteiger partial charge on any atom is 0.240 e. The van der Waals surface area contributed by atoms with Crippen molar-refractivity contribution in [2.45, 2.75) is 50.4 Å². The molecule has 1 amide bonds. The van der Waals surface area contributed by atoms with Crippen LogP contribution < -0.4 is 0 Å². The summed E-state index contributed by atoms with van der Waals surface area (Å²) in [5, 5.41) is 9.50. The molecular formula is C24H28F2N2O2. The molecular weight excluding hydrogens is 386 g/mol. The highest BCUT2D eigenvalue weighted by molar-refractivity contribution is 5.84. The minimum Gasteiger partial charge on any atom is -0.508 e. The van der Waals surface area contributed by atoms with E-state index in [1.54, 1.807) is 43.3 Å². The van der Waals surface area contributed by atoms with Gasteiger partial charge in [-0.1, -0.05) is 24.3 Å². The lowest BCUT2D eigenvalue weighted by Gasteiger charge is -2.43. The van der Waals surface area contributed by atoms with Crippen molar-refractivity contribution in [1.29, 1.82) is 0 Å². The molecule has 2 aliphatic rings. The summed E-state index contributed by atoms with van der Waals surface area (Å²) in [6.07, 6.45) is 1.29. The fourth-order valence-electron chi connectivity index (χ4n) is 5.00. The molecule has 0 saturated carbocycles. The molecule has 2 saturated heterocycles. The van der Waals surface area contributed by atoms with Gasteiger partial charge in [-0.15, -0.1) is 0 Å². The summed E-state index contributed by atoms with van der Waals surface area (Å²) in [7, 11) is 0. The van der Waals surface area contributed by atoms with Crippen LogP contribution in [-0.2, 0) is 4.79 Å². The smallest absolute Gasteiger partial charge is 0.240 e. The number of hydrogen-bond donors (Lipinski definition) is 1. The van der Waals surface area contributed by atoms with Crippen molar-refractivity contribution >= 4 is 5.91 Å². The van der Waals surface area contributed by atoms with E-state index in [9.17, 15) is 14.3 Å². The normalized spacial score (nSPS) is 28.7. The van der Waals surface area contributed by atoms with Gasteiger partial charge in [0.2, 0.25) is 5.91 Å². The zero-order chi connectivity index (χ0) is 21.5. The quantitative estimate of drug-likeness (QED) is 0.806. The average Bonchev–Trinajstić information content (AvgIpc) is 3.09. The molecule has 4 nitrogen and oxygen atoms in total. The molecule has 0 aromatic heterocycles. The first-order chi connectivity index (χ1) is 14.3. The van der Waals surface area contributed by atoms with Gasteiger partial charge in [-0.2, -0.15) is 0 Å². The van der Waals surface area contributed by atoms with Crippen LogP contribution in [0.1, 0.15) is 49.8 Å². The Labute approximate surface area is 176 Å². The minimum atomic E-state index is -1.47. The van der Waals surface area contributed by atoms with Gasteiger partial charge in [-0.05, 0) is 68.6 Å². The Balaban J connectivity index is 1.44. The average molecular weight is 414 g/mol. The molecule has 0 spiro atoms. The predicted octanol–water partition coefficient (Wildman–Crippen LogP) is 4.41. The van der Waals surface area contributed by atoms with E-state index in [1.165, 1.54) is 12.1 Å².